The van der Waals surface area contributed by atoms with E-state index in [9.17, 15) is 9.90 Å². The normalized spacial score (nSPS) is 10.9. The maximum Gasteiger partial charge on any atom is 0.271 e. The second-order valence-corrected chi connectivity index (χ2v) is 6.15. The van der Waals surface area contributed by atoms with Gasteiger partial charge in [-0.3, -0.25) is 4.79 Å². The van der Waals surface area contributed by atoms with Gasteiger partial charge in [-0.05, 0) is 48.7 Å². The molecule has 0 spiro atoms. The Morgan fingerprint density at radius 3 is 2.62 bits per heavy atom. The minimum atomic E-state index is -0.350. The minimum absolute atomic E-state index is 0.0316. The average molecular weight is 356 g/mol. The summed E-state index contributed by atoms with van der Waals surface area (Å²) in [5, 5.41) is 13.8. The zero-order valence-corrected chi connectivity index (χ0v) is 15.2. The van der Waals surface area contributed by atoms with Crippen molar-refractivity contribution in [3.8, 4) is 17.2 Å². The second kappa shape index (κ2) is 9.46. The Bertz CT molecular complexity index is 755. The molecule has 0 aliphatic heterocycles. The van der Waals surface area contributed by atoms with Crippen LogP contribution in [0.4, 0.5) is 0 Å². The number of benzene rings is 2. The van der Waals surface area contributed by atoms with Gasteiger partial charge in [0.05, 0.1) is 19.9 Å². The molecule has 26 heavy (non-hydrogen) atoms. The lowest BCUT2D eigenvalue weighted by Gasteiger charge is -2.08. The number of para-hydroxylation sites is 1. The van der Waals surface area contributed by atoms with E-state index < -0.39 is 0 Å². The zero-order chi connectivity index (χ0) is 18.9. The number of hydrogen-bond acceptors (Lipinski definition) is 5. The van der Waals surface area contributed by atoms with E-state index in [2.05, 4.69) is 24.4 Å². The number of amides is 1. The van der Waals surface area contributed by atoms with E-state index in [1.54, 1.807) is 42.5 Å². The molecule has 2 aromatic rings. The number of hydrazone groups is 1. The molecule has 6 heteroatoms. The van der Waals surface area contributed by atoms with Crippen molar-refractivity contribution in [1.82, 2.24) is 5.43 Å². The maximum absolute atomic E-state index is 12.1. The number of carbonyl (C=O) groups is 1. The molecule has 0 aliphatic rings. The van der Waals surface area contributed by atoms with Gasteiger partial charge in [-0.25, -0.2) is 5.43 Å². The van der Waals surface area contributed by atoms with Crippen LogP contribution in [0.5, 0.6) is 17.2 Å². The first-order valence-corrected chi connectivity index (χ1v) is 8.43. The Morgan fingerprint density at radius 2 is 1.96 bits per heavy atom. The molecule has 6 nitrogen and oxygen atoms in total. The highest BCUT2D eigenvalue weighted by molar-refractivity contribution is 5.95. The highest BCUT2D eigenvalue weighted by Crippen LogP contribution is 2.27. The lowest BCUT2D eigenvalue weighted by atomic mass is 10.1. The molecule has 0 heterocycles. The monoisotopic (exact) mass is 356 g/mol. The standard InChI is InChI=1S/C20H24N2O4/c1-14(2)11-12-26-17-9-7-15(8-10-17)20(24)22-21-13-16-5-4-6-18(25-3)19(16)23/h4-10,13-14,23H,11-12H2,1-3H3,(H,22,24). The van der Waals surface area contributed by atoms with Gasteiger partial charge in [0, 0.05) is 11.1 Å². The highest BCUT2D eigenvalue weighted by atomic mass is 16.5. The van der Waals surface area contributed by atoms with Crippen LogP contribution < -0.4 is 14.9 Å². The van der Waals surface area contributed by atoms with Crippen molar-refractivity contribution in [3.63, 3.8) is 0 Å². The first-order valence-electron chi connectivity index (χ1n) is 8.43. The van der Waals surface area contributed by atoms with E-state index in [4.69, 9.17) is 9.47 Å². The fourth-order valence-corrected chi connectivity index (χ4v) is 2.15. The van der Waals surface area contributed by atoms with Gasteiger partial charge in [0.1, 0.15) is 5.75 Å². The van der Waals surface area contributed by atoms with Crippen LogP contribution in [-0.2, 0) is 0 Å². The molecule has 0 saturated heterocycles. The molecule has 0 fully saturated rings. The summed E-state index contributed by atoms with van der Waals surface area (Å²) >= 11 is 0. The fraction of sp³-hybridized carbons (Fsp3) is 0.300. The number of carbonyl (C=O) groups excluding carboxylic acids is 1. The Labute approximate surface area is 153 Å². The molecule has 0 atom stereocenters. The van der Waals surface area contributed by atoms with E-state index in [0.717, 1.165) is 12.2 Å². The van der Waals surface area contributed by atoms with Crippen LogP contribution in [0.3, 0.4) is 0 Å². The number of methoxy groups -OCH3 is 1. The molecule has 2 N–H and O–H groups in total. The first kappa shape index (κ1) is 19.3. The lowest BCUT2D eigenvalue weighted by Crippen LogP contribution is -2.17. The third-order valence-corrected chi connectivity index (χ3v) is 3.70. The van der Waals surface area contributed by atoms with Crippen molar-refractivity contribution in [1.29, 1.82) is 0 Å². The van der Waals surface area contributed by atoms with E-state index >= 15 is 0 Å². The molecule has 0 saturated carbocycles. The Morgan fingerprint density at radius 1 is 1.23 bits per heavy atom. The first-order chi connectivity index (χ1) is 12.5. The molecular weight excluding hydrogens is 332 g/mol. The van der Waals surface area contributed by atoms with Crippen molar-refractivity contribution in [3.05, 3.63) is 53.6 Å². The van der Waals surface area contributed by atoms with Crippen LogP contribution in [0.25, 0.3) is 0 Å². The minimum Gasteiger partial charge on any atom is -0.504 e. The maximum atomic E-state index is 12.1. The molecule has 138 valence electrons. The number of ether oxygens (including phenoxy) is 2. The second-order valence-electron chi connectivity index (χ2n) is 6.15. The molecule has 0 radical (unpaired) electrons. The van der Waals surface area contributed by atoms with Crippen LogP contribution in [0.1, 0.15) is 36.2 Å². The number of phenols is 1. The number of nitrogens with zero attached hydrogens (tertiary/aromatic N) is 1. The van der Waals surface area contributed by atoms with E-state index in [1.807, 2.05) is 0 Å². The van der Waals surface area contributed by atoms with Crippen LogP contribution in [-0.4, -0.2) is 30.9 Å². The van der Waals surface area contributed by atoms with Crippen LogP contribution in [0.15, 0.2) is 47.6 Å². The van der Waals surface area contributed by atoms with Crippen molar-refractivity contribution in [2.45, 2.75) is 20.3 Å². The Balaban J connectivity index is 1.91. The zero-order valence-electron chi connectivity index (χ0n) is 15.2. The molecular formula is C20H24N2O4. The summed E-state index contributed by atoms with van der Waals surface area (Å²) < 4.78 is 10.6. The van der Waals surface area contributed by atoms with Crippen molar-refractivity contribution >= 4 is 12.1 Å². The smallest absolute Gasteiger partial charge is 0.271 e. The topological polar surface area (TPSA) is 80.2 Å². The molecule has 2 aromatic carbocycles. The van der Waals surface area contributed by atoms with E-state index in [0.29, 0.717) is 29.4 Å². The largest absolute Gasteiger partial charge is 0.504 e. The van der Waals surface area contributed by atoms with Crippen molar-refractivity contribution in [2.24, 2.45) is 11.0 Å². The van der Waals surface area contributed by atoms with Gasteiger partial charge in [-0.2, -0.15) is 5.10 Å². The number of hydrogen-bond donors (Lipinski definition) is 2. The van der Waals surface area contributed by atoms with Gasteiger partial charge in [0.25, 0.3) is 5.91 Å². The molecule has 0 unspecified atom stereocenters. The SMILES string of the molecule is COc1cccc(C=NNC(=O)c2ccc(OCCC(C)C)cc2)c1O. The Hall–Kier alpha value is -3.02. The Kier molecular flexibility index (Phi) is 7.02. The molecule has 1 amide bonds. The number of rotatable bonds is 8. The van der Waals surface area contributed by atoms with Gasteiger partial charge in [0.15, 0.2) is 11.5 Å². The number of nitrogens with one attached hydrogen (secondary N) is 1. The molecule has 2 rings (SSSR count). The molecule has 0 aromatic heterocycles. The van der Waals surface area contributed by atoms with Gasteiger partial charge in [0.2, 0.25) is 0 Å². The molecule has 0 aliphatic carbocycles. The molecule has 0 bridgehead atoms. The number of aromatic hydroxyl groups is 1. The fourth-order valence-electron chi connectivity index (χ4n) is 2.15. The summed E-state index contributed by atoms with van der Waals surface area (Å²) in [6.07, 6.45) is 2.34. The average Bonchev–Trinajstić information content (AvgIpc) is 2.63. The van der Waals surface area contributed by atoms with Gasteiger partial charge < -0.3 is 14.6 Å². The van der Waals surface area contributed by atoms with Gasteiger partial charge in [-0.1, -0.05) is 19.9 Å². The van der Waals surface area contributed by atoms with Crippen LogP contribution in [0, 0.1) is 5.92 Å². The lowest BCUT2D eigenvalue weighted by molar-refractivity contribution is 0.0955. The summed E-state index contributed by atoms with van der Waals surface area (Å²) in [5.41, 5.74) is 3.34. The predicted octanol–water partition coefficient (Wildman–Crippen LogP) is 3.59. The highest BCUT2D eigenvalue weighted by Gasteiger charge is 2.07. The summed E-state index contributed by atoms with van der Waals surface area (Å²) in [6.45, 7) is 4.93. The van der Waals surface area contributed by atoms with Crippen LogP contribution >= 0.6 is 0 Å². The van der Waals surface area contributed by atoms with Gasteiger partial charge >= 0.3 is 0 Å². The van der Waals surface area contributed by atoms with E-state index in [-0.39, 0.29) is 11.7 Å². The van der Waals surface area contributed by atoms with Crippen molar-refractivity contribution < 1.29 is 19.4 Å². The predicted molar refractivity (Wildman–Crippen MR) is 101 cm³/mol. The third-order valence-electron chi connectivity index (χ3n) is 3.70. The number of phenolic OH excluding ortho intramolecular Hbond substituents is 1. The third kappa shape index (κ3) is 5.51. The quantitative estimate of drug-likeness (QED) is 0.559. The van der Waals surface area contributed by atoms with E-state index in [1.165, 1.54) is 13.3 Å². The summed E-state index contributed by atoms with van der Waals surface area (Å²) in [5.74, 6) is 1.27. The van der Waals surface area contributed by atoms with Gasteiger partial charge in [-0.15, -0.1) is 0 Å². The summed E-state index contributed by atoms with van der Waals surface area (Å²) in [7, 11) is 1.47. The summed E-state index contributed by atoms with van der Waals surface area (Å²) in [6, 6.07) is 11.9. The summed E-state index contributed by atoms with van der Waals surface area (Å²) in [4.78, 5) is 12.1. The van der Waals surface area contributed by atoms with Crippen LogP contribution in [0.2, 0.25) is 0 Å². The van der Waals surface area contributed by atoms with Crippen molar-refractivity contribution in [2.75, 3.05) is 13.7 Å².